The second-order valence-electron chi connectivity index (χ2n) is 10.5. The highest BCUT2D eigenvalue weighted by Gasteiger charge is 2.34. The first-order valence-electron chi connectivity index (χ1n) is 14.8. The van der Waals surface area contributed by atoms with E-state index in [-0.39, 0.29) is 23.4 Å². The quantitative estimate of drug-likeness (QED) is 0.272. The summed E-state index contributed by atoms with van der Waals surface area (Å²) in [5.41, 5.74) is 1.11. The standard InChI is InChI=1S/C33H41N3O6S/c1-4-31(33(38)34-26-13-9-10-14-26)35(23-25-12-11-17-29(22-25)41-3)32(37)24-36(27-15-7-6-8-16-27)43(39,40)30-20-18-28(19-21-30)42-5-2/h6-8,11-12,15-22,26,31H,4-5,9-10,13-14,23-24H2,1-3H3,(H,34,38)/t31-/m0/s1. The molecule has 1 aliphatic carbocycles. The van der Waals surface area contributed by atoms with Gasteiger partial charge in [0.25, 0.3) is 10.0 Å². The van der Waals surface area contributed by atoms with Crippen LogP contribution < -0.4 is 19.1 Å². The number of ether oxygens (including phenoxy) is 2. The van der Waals surface area contributed by atoms with Gasteiger partial charge < -0.3 is 19.7 Å². The molecule has 0 bridgehead atoms. The number of nitrogens with zero attached hydrogens (tertiary/aromatic N) is 2. The molecule has 0 aliphatic heterocycles. The Balaban J connectivity index is 1.69. The van der Waals surface area contributed by atoms with Crippen molar-refractivity contribution in [2.45, 2.75) is 69.5 Å². The van der Waals surface area contributed by atoms with E-state index in [0.29, 0.717) is 30.2 Å². The number of nitrogens with one attached hydrogen (secondary N) is 1. The molecular formula is C33H41N3O6S. The van der Waals surface area contributed by atoms with Crippen LogP contribution in [0.4, 0.5) is 5.69 Å². The third-order valence-electron chi connectivity index (χ3n) is 7.62. The smallest absolute Gasteiger partial charge is 0.264 e. The SMILES string of the molecule is CCOc1ccc(S(=O)(=O)N(CC(=O)N(Cc2cccc(OC)c2)[C@@H](CC)C(=O)NC2CCCC2)c2ccccc2)cc1. The predicted molar refractivity (Wildman–Crippen MR) is 167 cm³/mol. The highest BCUT2D eigenvalue weighted by Crippen LogP contribution is 2.27. The van der Waals surface area contributed by atoms with E-state index >= 15 is 0 Å². The number of hydrogen-bond acceptors (Lipinski definition) is 6. The molecule has 10 heteroatoms. The number of methoxy groups -OCH3 is 1. The fourth-order valence-corrected chi connectivity index (χ4v) is 6.79. The molecule has 230 valence electrons. The number of benzene rings is 3. The molecule has 1 saturated carbocycles. The molecule has 2 amide bonds. The van der Waals surface area contributed by atoms with Gasteiger partial charge in [-0.05, 0) is 80.3 Å². The normalized spacial score (nSPS) is 14.1. The van der Waals surface area contributed by atoms with Gasteiger partial charge in [0.1, 0.15) is 24.1 Å². The summed E-state index contributed by atoms with van der Waals surface area (Å²) < 4.78 is 40.0. The zero-order valence-corrected chi connectivity index (χ0v) is 25.9. The van der Waals surface area contributed by atoms with Crippen LogP contribution in [0.2, 0.25) is 0 Å². The summed E-state index contributed by atoms with van der Waals surface area (Å²) >= 11 is 0. The van der Waals surface area contributed by atoms with Gasteiger partial charge >= 0.3 is 0 Å². The Bertz CT molecular complexity index is 1460. The third kappa shape index (κ3) is 8.07. The van der Waals surface area contributed by atoms with Crippen molar-refractivity contribution in [3.8, 4) is 11.5 Å². The van der Waals surface area contributed by atoms with Gasteiger partial charge in [0.15, 0.2) is 0 Å². The Morgan fingerprint density at radius 1 is 0.930 bits per heavy atom. The van der Waals surface area contributed by atoms with Crippen molar-refractivity contribution in [2.24, 2.45) is 0 Å². The van der Waals surface area contributed by atoms with Crippen LogP contribution in [0.15, 0.2) is 83.8 Å². The maximum Gasteiger partial charge on any atom is 0.264 e. The fourth-order valence-electron chi connectivity index (χ4n) is 5.38. The van der Waals surface area contributed by atoms with Crippen molar-refractivity contribution in [3.63, 3.8) is 0 Å². The maximum absolute atomic E-state index is 14.2. The molecule has 0 radical (unpaired) electrons. The van der Waals surface area contributed by atoms with Crippen LogP contribution in [-0.2, 0) is 26.2 Å². The van der Waals surface area contributed by atoms with Crippen LogP contribution in [0, 0.1) is 0 Å². The zero-order chi connectivity index (χ0) is 30.8. The molecular weight excluding hydrogens is 566 g/mol. The molecule has 3 aromatic carbocycles. The molecule has 1 N–H and O–H groups in total. The maximum atomic E-state index is 14.2. The Hall–Kier alpha value is -4.05. The van der Waals surface area contributed by atoms with Gasteiger partial charge in [0, 0.05) is 12.6 Å². The molecule has 0 unspecified atom stereocenters. The number of rotatable bonds is 14. The largest absolute Gasteiger partial charge is 0.497 e. The van der Waals surface area contributed by atoms with Crippen molar-refractivity contribution in [1.29, 1.82) is 0 Å². The van der Waals surface area contributed by atoms with Crippen molar-refractivity contribution in [1.82, 2.24) is 10.2 Å². The third-order valence-corrected chi connectivity index (χ3v) is 9.41. The lowest BCUT2D eigenvalue weighted by Crippen LogP contribution is -2.53. The minimum atomic E-state index is -4.16. The summed E-state index contributed by atoms with van der Waals surface area (Å²) in [5, 5.41) is 3.13. The second-order valence-corrected chi connectivity index (χ2v) is 12.4. The molecule has 1 atom stereocenters. The van der Waals surface area contributed by atoms with Crippen LogP contribution in [0.3, 0.4) is 0 Å². The lowest BCUT2D eigenvalue weighted by Gasteiger charge is -2.33. The Labute approximate surface area is 254 Å². The van der Waals surface area contributed by atoms with E-state index in [2.05, 4.69) is 5.32 Å². The Kier molecular flexibility index (Phi) is 11.1. The number of carbonyl (C=O) groups excluding carboxylic acids is 2. The molecule has 1 aliphatic rings. The first-order valence-corrected chi connectivity index (χ1v) is 16.2. The summed E-state index contributed by atoms with van der Waals surface area (Å²) in [6.45, 7) is 3.78. The lowest BCUT2D eigenvalue weighted by atomic mass is 10.1. The molecule has 3 aromatic rings. The molecule has 9 nitrogen and oxygen atoms in total. The number of hydrogen-bond donors (Lipinski definition) is 1. The van der Waals surface area contributed by atoms with Gasteiger partial charge in [-0.1, -0.05) is 50.1 Å². The summed E-state index contributed by atoms with van der Waals surface area (Å²) in [7, 11) is -2.59. The van der Waals surface area contributed by atoms with Gasteiger partial charge in [-0.3, -0.25) is 13.9 Å². The first kappa shape index (κ1) is 31.9. The van der Waals surface area contributed by atoms with Crippen molar-refractivity contribution in [3.05, 3.63) is 84.4 Å². The van der Waals surface area contributed by atoms with Crippen LogP contribution in [0.1, 0.15) is 51.5 Å². The van der Waals surface area contributed by atoms with E-state index in [4.69, 9.17) is 9.47 Å². The predicted octanol–water partition coefficient (Wildman–Crippen LogP) is 5.16. The van der Waals surface area contributed by atoms with E-state index in [1.807, 2.05) is 32.0 Å². The minimum Gasteiger partial charge on any atom is -0.497 e. The van der Waals surface area contributed by atoms with Gasteiger partial charge in [-0.2, -0.15) is 0 Å². The van der Waals surface area contributed by atoms with E-state index in [1.165, 1.54) is 17.0 Å². The zero-order valence-electron chi connectivity index (χ0n) is 25.1. The van der Waals surface area contributed by atoms with E-state index in [1.54, 1.807) is 55.6 Å². The Morgan fingerprint density at radius 2 is 1.63 bits per heavy atom. The average Bonchev–Trinajstić information content (AvgIpc) is 3.53. The number of sulfonamides is 1. The van der Waals surface area contributed by atoms with Crippen LogP contribution in [0.5, 0.6) is 11.5 Å². The highest BCUT2D eigenvalue weighted by atomic mass is 32.2. The van der Waals surface area contributed by atoms with Crippen LogP contribution in [0.25, 0.3) is 0 Å². The van der Waals surface area contributed by atoms with Crippen LogP contribution >= 0.6 is 0 Å². The fraction of sp³-hybridized carbons (Fsp3) is 0.394. The molecule has 0 aromatic heterocycles. The first-order chi connectivity index (χ1) is 20.8. The van der Waals surface area contributed by atoms with Crippen molar-refractivity contribution < 1.29 is 27.5 Å². The molecule has 0 spiro atoms. The van der Waals surface area contributed by atoms with E-state index < -0.39 is 28.5 Å². The summed E-state index contributed by atoms with van der Waals surface area (Å²) in [5.74, 6) is 0.450. The number of para-hydroxylation sites is 1. The average molecular weight is 608 g/mol. The topological polar surface area (TPSA) is 105 Å². The summed E-state index contributed by atoms with van der Waals surface area (Å²) in [6, 6.07) is 21.2. The van der Waals surface area contributed by atoms with Crippen LogP contribution in [-0.4, -0.2) is 57.5 Å². The molecule has 0 saturated heterocycles. The number of anilines is 1. The molecule has 4 rings (SSSR count). The number of amides is 2. The number of carbonyl (C=O) groups is 2. The van der Waals surface area contributed by atoms with Gasteiger partial charge in [-0.25, -0.2) is 8.42 Å². The van der Waals surface area contributed by atoms with Crippen molar-refractivity contribution >= 4 is 27.5 Å². The van der Waals surface area contributed by atoms with Gasteiger partial charge in [0.05, 0.1) is 24.3 Å². The minimum absolute atomic E-state index is 0.0259. The Morgan fingerprint density at radius 3 is 2.26 bits per heavy atom. The van der Waals surface area contributed by atoms with E-state index in [9.17, 15) is 18.0 Å². The monoisotopic (exact) mass is 607 g/mol. The van der Waals surface area contributed by atoms with Gasteiger partial charge in [0.2, 0.25) is 11.8 Å². The molecule has 43 heavy (non-hydrogen) atoms. The molecule has 1 fully saturated rings. The van der Waals surface area contributed by atoms with Gasteiger partial charge in [-0.15, -0.1) is 0 Å². The van der Waals surface area contributed by atoms with E-state index in [0.717, 1.165) is 35.6 Å². The lowest BCUT2D eigenvalue weighted by molar-refractivity contribution is -0.140. The summed E-state index contributed by atoms with van der Waals surface area (Å²) in [6.07, 6.45) is 4.31. The highest BCUT2D eigenvalue weighted by molar-refractivity contribution is 7.92. The van der Waals surface area contributed by atoms with Crippen molar-refractivity contribution in [2.75, 3.05) is 24.6 Å². The summed E-state index contributed by atoms with van der Waals surface area (Å²) in [4.78, 5) is 29.3. The second kappa shape index (κ2) is 14.9. The molecule has 0 heterocycles.